The number of nitrogens with one attached hydrogen (secondary N) is 2. The van der Waals surface area contributed by atoms with Gasteiger partial charge in [-0.15, -0.1) is 0 Å². The molecule has 2 atom stereocenters. The fourth-order valence-corrected chi connectivity index (χ4v) is 6.45. The minimum absolute atomic E-state index is 0.107. The highest BCUT2D eigenvalue weighted by atomic mass is 16.5. The van der Waals surface area contributed by atoms with E-state index in [2.05, 4.69) is 110 Å². The third kappa shape index (κ3) is 42.5. The Kier molecular flexibility index (Phi) is 42.6. The first-order valence-electron chi connectivity index (χ1n) is 24.0. The van der Waals surface area contributed by atoms with Gasteiger partial charge in [0.05, 0.1) is 13.2 Å². The minimum Gasteiger partial charge on any atom is -0.480 e. The van der Waals surface area contributed by atoms with E-state index in [0.717, 1.165) is 109 Å². The maximum Gasteiger partial charge on any atom is 0.328 e. The molecule has 346 valence electrons. The largest absolute Gasteiger partial charge is 0.480 e. The molecule has 0 aliphatic heterocycles. The number of carboxylic acids is 1. The smallest absolute Gasteiger partial charge is 0.328 e. The number of unbranched alkanes of at least 4 members (excludes halogenated alkanes) is 16. The second-order valence-corrected chi connectivity index (χ2v) is 15.8. The number of carbonyl (C=O) groups excluding carboxylic acids is 3. The average molecular weight is 851 g/mol. The number of ether oxygens (including phenoxy) is 1. The Labute approximate surface area is 371 Å². The summed E-state index contributed by atoms with van der Waals surface area (Å²) in [7, 11) is 0. The van der Waals surface area contributed by atoms with Crippen LogP contribution in [-0.2, 0) is 23.9 Å². The predicted octanol–water partition coefficient (Wildman–Crippen LogP) is 12.4. The maximum atomic E-state index is 12.8. The molecule has 0 fully saturated rings. The Balaban J connectivity index is 4.25. The van der Waals surface area contributed by atoms with E-state index in [4.69, 9.17) is 14.9 Å². The third-order valence-corrected chi connectivity index (χ3v) is 10.1. The van der Waals surface area contributed by atoms with Crippen LogP contribution in [0.5, 0.6) is 0 Å². The van der Waals surface area contributed by atoms with Crippen molar-refractivity contribution in [1.29, 1.82) is 0 Å². The fraction of sp³-hybridized carbons (Fsp3) is 0.654. The third-order valence-electron chi connectivity index (χ3n) is 10.1. The number of carboxylic acid groups (broad SMARTS) is 1. The molecule has 2 amide bonds. The standard InChI is InChI=1S/C52H86N2O7/c1-3-5-7-9-11-13-14-15-16-17-18-19-20-21-22-23-24-25-26-28-30-36-40-44-51(58)61-47(41-37-33-29-27-12-10-8-6-4-2)42-38-34-31-32-35-39-43-49(56)53-45-50(57)54-48(46-55)52(59)60/h5,7,11,13,15-16,18-19,21-22,27,29,37,41,47-48,55H,3-4,6,8-10,12,14,17,20,23-26,28,30-36,38-40,42-46H2,1-2H3,(H,53,56)(H,54,57)(H,59,60)/b7-5-,13-11-,16-15-,19-18-,22-21-,29-27-,41-37-. The van der Waals surface area contributed by atoms with Crippen molar-refractivity contribution in [1.82, 2.24) is 10.6 Å². The Morgan fingerprint density at radius 3 is 1.51 bits per heavy atom. The average Bonchev–Trinajstić information content (AvgIpc) is 3.25. The van der Waals surface area contributed by atoms with E-state index in [1.54, 1.807) is 0 Å². The van der Waals surface area contributed by atoms with E-state index in [9.17, 15) is 19.2 Å². The summed E-state index contributed by atoms with van der Waals surface area (Å²) in [5.41, 5.74) is 0. The normalized spacial score (nSPS) is 13.2. The van der Waals surface area contributed by atoms with Crippen LogP contribution in [0.25, 0.3) is 0 Å². The topological polar surface area (TPSA) is 142 Å². The van der Waals surface area contributed by atoms with Crippen molar-refractivity contribution in [3.63, 3.8) is 0 Å². The molecule has 0 aliphatic rings. The number of aliphatic carboxylic acids is 1. The number of carbonyl (C=O) groups is 4. The van der Waals surface area contributed by atoms with E-state index in [1.165, 1.54) is 51.4 Å². The van der Waals surface area contributed by atoms with Gasteiger partial charge in [-0.3, -0.25) is 14.4 Å². The van der Waals surface area contributed by atoms with Crippen molar-refractivity contribution in [3.8, 4) is 0 Å². The van der Waals surface area contributed by atoms with Crippen molar-refractivity contribution < 1.29 is 34.1 Å². The molecule has 0 aromatic carbocycles. The van der Waals surface area contributed by atoms with Gasteiger partial charge in [-0.2, -0.15) is 0 Å². The Hall–Kier alpha value is -3.98. The molecular weight excluding hydrogens is 765 g/mol. The first kappa shape index (κ1) is 57.0. The summed E-state index contributed by atoms with van der Waals surface area (Å²) < 4.78 is 5.94. The van der Waals surface area contributed by atoms with Crippen LogP contribution in [0.15, 0.2) is 85.1 Å². The zero-order valence-corrected chi connectivity index (χ0v) is 38.4. The van der Waals surface area contributed by atoms with Crippen LogP contribution in [0.1, 0.15) is 194 Å². The van der Waals surface area contributed by atoms with E-state index >= 15 is 0 Å². The predicted molar refractivity (Wildman–Crippen MR) is 254 cm³/mol. The summed E-state index contributed by atoms with van der Waals surface area (Å²) >= 11 is 0. The monoisotopic (exact) mass is 851 g/mol. The van der Waals surface area contributed by atoms with E-state index < -0.39 is 24.5 Å². The second kappa shape index (κ2) is 45.5. The van der Waals surface area contributed by atoms with Crippen molar-refractivity contribution in [2.24, 2.45) is 0 Å². The van der Waals surface area contributed by atoms with E-state index in [0.29, 0.717) is 12.8 Å². The molecule has 0 heterocycles. The SMILES string of the molecule is CC/C=C\C/C=C\C/C=C\C/C=C\C/C=C\CCCCCCCCCC(=O)OC(/C=C\C/C=C\CCCCCC)CCCCCCCCC(=O)NCC(=O)NC(CO)C(=O)O. The summed E-state index contributed by atoms with van der Waals surface area (Å²) in [4.78, 5) is 47.5. The lowest BCUT2D eigenvalue weighted by Gasteiger charge is -2.15. The highest BCUT2D eigenvalue weighted by molar-refractivity contribution is 5.87. The number of rotatable bonds is 42. The van der Waals surface area contributed by atoms with E-state index in [-0.39, 0.29) is 30.9 Å². The number of hydrogen-bond acceptors (Lipinski definition) is 6. The van der Waals surface area contributed by atoms with Gasteiger partial charge >= 0.3 is 11.9 Å². The highest BCUT2D eigenvalue weighted by Crippen LogP contribution is 2.15. The zero-order valence-electron chi connectivity index (χ0n) is 38.4. The summed E-state index contributed by atoms with van der Waals surface area (Å²) in [6.07, 6.45) is 59.2. The molecule has 9 nitrogen and oxygen atoms in total. The lowest BCUT2D eigenvalue weighted by atomic mass is 10.1. The van der Waals surface area contributed by atoms with Crippen molar-refractivity contribution in [2.75, 3.05) is 13.2 Å². The van der Waals surface area contributed by atoms with Gasteiger partial charge < -0.3 is 25.6 Å². The molecule has 0 bridgehead atoms. The summed E-state index contributed by atoms with van der Waals surface area (Å²) in [6.45, 7) is 3.34. The Bertz CT molecular complexity index is 1300. The number of amides is 2. The van der Waals surface area contributed by atoms with Crippen LogP contribution in [0, 0.1) is 0 Å². The minimum atomic E-state index is -1.39. The zero-order chi connectivity index (χ0) is 44.7. The molecule has 61 heavy (non-hydrogen) atoms. The summed E-state index contributed by atoms with van der Waals surface area (Å²) in [5, 5.41) is 22.5. The number of allylic oxidation sites excluding steroid dienone is 13. The quantitative estimate of drug-likeness (QED) is 0.0272. The Morgan fingerprint density at radius 1 is 0.525 bits per heavy atom. The summed E-state index contributed by atoms with van der Waals surface area (Å²) in [6, 6.07) is -1.39. The van der Waals surface area contributed by atoms with Crippen LogP contribution in [0.4, 0.5) is 0 Å². The molecule has 0 spiro atoms. The fourth-order valence-electron chi connectivity index (χ4n) is 6.45. The molecule has 0 saturated carbocycles. The van der Waals surface area contributed by atoms with Gasteiger partial charge in [0, 0.05) is 12.8 Å². The maximum absolute atomic E-state index is 12.8. The van der Waals surface area contributed by atoms with Gasteiger partial charge in [-0.25, -0.2) is 4.79 Å². The van der Waals surface area contributed by atoms with Gasteiger partial charge in [0.2, 0.25) is 11.8 Å². The molecule has 2 unspecified atom stereocenters. The van der Waals surface area contributed by atoms with Gasteiger partial charge in [-0.05, 0) is 96.0 Å². The molecule has 0 aliphatic carbocycles. The number of esters is 1. The highest BCUT2D eigenvalue weighted by Gasteiger charge is 2.18. The molecular formula is C52H86N2O7. The van der Waals surface area contributed by atoms with Gasteiger partial charge in [0.25, 0.3) is 0 Å². The van der Waals surface area contributed by atoms with Crippen LogP contribution in [0.3, 0.4) is 0 Å². The molecule has 0 saturated heterocycles. The van der Waals surface area contributed by atoms with Crippen molar-refractivity contribution >= 4 is 23.8 Å². The first-order chi connectivity index (χ1) is 29.8. The lowest BCUT2D eigenvalue weighted by molar-refractivity contribution is -0.147. The number of aliphatic hydroxyl groups is 1. The van der Waals surface area contributed by atoms with Crippen LogP contribution in [-0.4, -0.2) is 59.3 Å². The molecule has 4 N–H and O–H groups in total. The van der Waals surface area contributed by atoms with Crippen molar-refractivity contribution in [2.45, 2.75) is 206 Å². The van der Waals surface area contributed by atoms with Crippen LogP contribution < -0.4 is 10.6 Å². The molecule has 0 aromatic rings. The van der Waals surface area contributed by atoms with Crippen LogP contribution >= 0.6 is 0 Å². The van der Waals surface area contributed by atoms with Crippen LogP contribution in [0.2, 0.25) is 0 Å². The first-order valence-corrected chi connectivity index (χ1v) is 24.0. The van der Waals surface area contributed by atoms with Crippen molar-refractivity contribution in [3.05, 3.63) is 85.1 Å². The number of aliphatic hydroxyl groups excluding tert-OH is 1. The van der Waals surface area contributed by atoms with E-state index in [1.807, 2.05) is 0 Å². The molecule has 0 rings (SSSR count). The molecule has 0 aromatic heterocycles. The van der Waals surface area contributed by atoms with Gasteiger partial charge in [-0.1, -0.05) is 170 Å². The van der Waals surface area contributed by atoms with Gasteiger partial charge in [0.15, 0.2) is 0 Å². The summed E-state index contributed by atoms with van der Waals surface area (Å²) in [5.74, 6) is -2.37. The molecule has 9 heteroatoms. The molecule has 0 radical (unpaired) electrons. The lowest BCUT2D eigenvalue weighted by Crippen LogP contribution is -2.47. The second-order valence-electron chi connectivity index (χ2n) is 15.8. The number of hydrogen-bond donors (Lipinski definition) is 4. The van der Waals surface area contributed by atoms with Gasteiger partial charge in [0.1, 0.15) is 12.1 Å². The Morgan fingerprint density at radius 2 is 0.984 bits per heavy atom.